The number of carbonyl (C=O) groups excluding carboxylic acids is 1. The number of benzene rings is 1. The van der Waals surface area contributed by atoms with Crippen molar-refractivity contribution in [2.24, 2.45) is 0 Å². The van der Waals surface area contributed by atoms with Crippen molar-refractivity contribution in [3.63, 3.8) is 0 Å². The van der Waals surface area contributed by atoms with E-state index in [4.69, 9.17) is 0 Å². The lowest BCUT2D eigenvalue weighted by Gasteiger charge is -2.07. The smallest absolute Gasteiger partial charge is 0.236 e. The van der Waals surface area contributed by atoms with Crippen LogP contribution in [0, 0.1) is 13.8 Å². The number of amides is 1. The lowest BCUT2D eigenvalue weighted by molar-refractivity contribution is -0.113. The summed E-state index contributed by atoms with van der Waals surface area (Å²) in [6.45, 7) is 3.99. The number of nitrogens with zero attached hydrogens (tertiary/aromatic N) is 4. The van der Waals surface area contributed by atoms with E-state index in [9.17, 15) is 4.79 Å². The van der Waals surface area contributed by atoms with Gasteiger partial charge in [0.2, 0.25) is 5.91 Å². The number of thioether (sulfide) groups is 1. The molecule has 2 aromatic heterocycles. The summed E-state index contributed by atoms with van der Waals surface area (Å²) >= 11 is 1.33. The third-order valence-electron chi connectivity index (χ3n) is 3.34. The molecule has 1 amide bonds. The summed E-state index contributed by atoms with van der Waals surface area (Å²) in [5.74, 6) is 0.654. The van der Waals surface area contributed by atoms with Crippen molar-refractivity contribution in [3.8, 4) is 5.69 Å². The lowest BCUT2D eigenvalue weighted by Crippen LogP contribution is -2.15. The number of carbonyl (C=O) groups is 1. The maximum absolute atomic E-state index is 12.1. The average Bonchev–Trinajstić information content (AvgIpc) is 3.04. The number of hydrogen-bond donors (Lipinski definition) is 1. The zero-order valence-corrected chi connectivity index (χ0v) is 14.2. The van der Waals surface area contributed by atoms with Gasteiger partial charge in [-0.25, -0.2) is 4.98 Å². The van der Waals surface area contributed by atoms with Crippen molar-refractivity contribution in [1.82, 2.24) is 19.7 Å². The fraction of sp³-hybridized carbons (Fsp3) is 0.176. The summed E-state index contributed by atoms with van der Waals surface area (Å²) in [7, 11) is 0. The van der Waals surface area contributed by atoms with Gasteiger partial charge in [0, 0.05) is 11.9 Å². The quantitative estimate of drug-likeness (QED) is 0.724. The van der Waals surface area contributed by atoms with Gasteiger partial charge in [-0.1, -0.05) is 35.5 Å². The van der Waals surface area contributed by atoms with Gasteiger partial charge in [-0.05, 0) is 37.6 Å². The molecule has 0 aliphatic heterocycles. The molecule has 0 saturated carbocycles. The monoisotopic (exact) mass is 339 g/mol. The summed E-state index contributed by atoms with van der Waals surface area (Å²) < 4.78 is 1.86. The number of rotatable bonds is 5. The molecule has 0 aliphatic rings. The normalized spacial score (nSPS) is 10.6. The van der Waals surface area contributed by atoms with E-state index >= 15 is 0 Å². The first-order valence-corrected chi connectivity index (χ1v) is 8.43. The Labute approximate surface area is 144 Å². The summed E-state index contributed by atoms with van der Waals surface area (Å²) in [6.07, 6.45) is 3.36. The molecule has 3 aromatic rings. The summed E-state index contributed by atoms with van der Waals surface area (Å²) in [5.41, 5.74) is 3.20. The van der Waals surface area contributed by atoms with Crippen LogP contribution >= 0.6 is 11.8 Å². The molecule has 0 spiro atoms. The summed E-state index contributed by atoms with van der Waals surface area (Å²) in [6, 6.07) is 11.7. The van der Waals surface area contributed by atoms with E-state index in [0.29, 0.717) is 11.0 Å². The lowest BCUT2D eigenvalue weighted by atomic mass is 10.2. The predicted octanol–water partition coefficient (Wildman–Crippen LogP) is 3.01. The molecule has 24 heavy (non-hydrogen) atoms. The highest BCUT2D eigenvalue weighted by atomic mass is 32.2. The Balaban J connectivity index is 1.63. The molecule has 2 heterocycles. The van der Waals surface area contributed by atoms with Gasteiger partial charge in [0.15, 0.2) is 5.16 Å². The van der Waals surface area contributed by atoms with Crippen LogP contribution in [0.4, 0.5) is 5.82 Å². The number of anilines is 1. The Morgan fingerprint density at radius 1 is 1.12 bits per heavy atom. The molecular formula is C17H17N5OS. The second-order valence-corrected chi connectivity index (χ2v) is 6.32. The molecule has 1 N–H and O–H groups in total. The number of nitrogens with one attached hydrogen (secondary N) is 1. The van der Waals surface area contributed by atoms with Crippen LogP contribution in [0.15, 0.2) is 54.1 Å². The highest BCUT2D eigenvalue weighted by Crippen LogP contribution is 2.20. The SMILES string of the molecule is Cc1ccc(-n2cnnc2SCC(=O)Nc2ccc(C)cn2)cc1. The zero-order chi connectivity index (χ0) is 16.9. The van der Waals surface area contributed by atoms with Crippen molar-refractivity contribution >= 4 is 23.5 Å². The molecule has 7 heteroatoms. The molecular weight excluding hydrogens is 322 g/mol. The van der Waals surface area contributed by atoms with Crippen molar-refractivity contribution in [2.75, 3.05) is 11.1 Å². The molecule has 3 rings (SSSR count). The van der Waals surface area contributed by atoms with E-state index in [-0.39, 0.29) is 11.7 Å². The first kappa shape index (κ1) is 16.2. The van der Waals surface area contributed by atoms with E-state index in [2.05, 4.69) is 20.5 Å². The van der Waals surface area contributed by atoms with E-state index in [1.54, 1.807) is 18.6 Å². The van der Waals surface area contributed by atoms with Gasteiger partial charge in [-0.3, -0.25) is 9.36 Å². The van der Waals surface area contributed by atoms with Crippen LogP contribution in [0.1, 0.15) is 11.1 Å². The molecule has 0 radical (unpaired) electrons. The third kappa shape index (κ3) is 3.99. The largest absolute Gasteiger partial charge is 0.310 e. The Hall–Kier alpha value is -2.67. The number of hydrogen-bond acceptors (Lipinski definition) is 5. The van der Waals surface area contributed by atoms with Crippen LogP contribution < -0.4 is 5.32 Å². The van der Waals surface area contributed by atoms with E-state index in [0.717, 1.165) is 11.3 Å². The number of aryl methyl sites for hydroxylation is 2. The van der Waals surface area contributed by atoms with Gasteiger partial charge in [0.25, 0.3) is 0 Å². The van der Waals surface area contributed by atoms with Gasteiger partial charge in [-0.2, -0.15) is 0 Å². The van der Waals surface area contributed by atoms with Gasteiger partial charge in [-0.15, -0.1) is 10.2 Å². The Morgan fingerprint density at radius 2 is 1.88 bits per heavy atom. The fourth-order valence-corrected chi connectivity index (χ4v) is 2.78. The molecule has 1 aromatic carbocycles. The van der Waals surface area contributed by atoms with E-state index < -0.39 is 0 Å². The fourth-order valence-electron chi connectivity index (χ4n) is 2.06. The maximum Gasteiger partial charge on any atom is 0.236 e. The van der Waals surface area contributed by atoms with Gasteiger partial charge < -0.3 is 5.32 Å². The third-order valence-corrected chi connectivity index (χ3v) is 4.28. The standard InChI is InChI=1S/C17H17N5OS/c1-12-3-6-14(7-4-12)22-11-19-21-17(22)24-10-16(23)20-15-8-5-13(2)9-18-15/h3-9,11H,10H2,1-2H3,(H,18,20,23). The minimum Gasteiger partial charge on any atom is -0.310 e. The van der Waals surface area contributed by atoms with E-state index in [1.165, 1.54) is 17.3 Å². The number of pyridine rings is 1. The molecule has 0 aliphatic carbocycles. The molecule has 122 valence electrons. The number of aromatic nitrogens is 4. The molecule has 0 unspecified atom stereocenters. The Bertz CT molecular complexity index is 827. The van der Waals surface area contributed by atoms with Crippen LogP contribution in [0.25, 0.3) is 5.69 Å². The van der Waals surface area contributed by atoms with Crippen LogP contribution in [-0.4, -0.2) is 31.4 Å². The van der Waals surface area contributed by atoms with Crippen LogP contribution in [0.2, 0.25) is 0 Å². The van der Waals surface area contributed by atoms with Crippen molar-refractivity contribution in [3.05, 3.63) is 60.0 Å². The Morgan fingerprint density at radius 3 is 2.58 bits per heavy atom. The average molecular weight is 339 g/mol. The van der Waals surface area contributed by atoms with Crippen molar-refractivity contribution in [2.45, 2.75) is 19.0 Å². The first-order valence-electron chi connectivity index (χ1n) is 7.44. The molecule has 0 fully saturated rings. The van der Waals surface area contributed by atoms with Crippen LogP contribution in [0.3, 0.4) is 0 Å². The second kappa shape index (κ2) is 7.27. The molecule has 0 saturated heterocycles. The maximum atomic E-state index is 12.1. The van der Waals surface area contributed by atoms with Gasteiger partial charge >= 0.3 is 0 Å². The van der Waals surface area contributed by atoms with Crippen LogP contribution in [0.5, 0.6) is 0 Å². The summed E-state index contributed by atoms with van der Waals surface area (Å²) in [5, 5.41) is 11.5. The topological polar surface area (TPSA) is 72.7 Å². The zero-order valence-electron chi connectivity index (χ0n) is 13.4. The summed E-state index contributed by atoms with van der Waals surface area (Å²) in [4.78, 5) is 16.2. The minimum atomic E-state index is -0.130. The van der Waals surface area contributed by atoms with Crippen LogP contribution in [-0.2, 0) is 4.79 Å². The minimum absolute atomic E-state index is 0.130. The second-order valence-electron chi connectivity index (χ2n) is 5.38. The highest BCUT2D eigenvalue weighted by molar-refractivity contribution is 7.99. The van der Waals surface area contributed by atoms with Crippen molar-refractivity contribution < 1.29 is 4.79 Å². The molecule has 6 nitrogen and oxygen atoms in total. The molecule has 0 bridgehead atoms. The first-order chi connectivity index (χ1) is 11.6. The molecule has 0 atom stereocenters. The van der Waals surface area contributed by atoms with Gasteiger partial charge in [0.05, 0.1) is 5.75 Å². The predicted molar refractivity (Wildman–Crippen MR) is 94.4 cm³/mol. The highest BCUT2D eigenvalue weighted by Gasteiger charge is 2.10. The Kier molecular flexibility index (Phi) is 4.90. The van der Waals surface area contributed by atoms with Gasteiger partial charge in [0.1, 0.15) is 12.1 Å². The van der Waals surface area contributed by atoms with E-state index in [1.807, 2.05) is 48.7 Å². The van der Waals surface area contributed by atoms with Crippen molar-refractivity contribution in [1.29, 1.82) is 0 Å².